The van der Waals surface area contributed by atoms with E-state index in [2.05, 4.69) is 12.1 Å². The van der Waals surface area contributed by atoms with E-state index in [-0.39, 0.29) is 6.42 Å². The summed E-state index contributed by atoms with van der Waals surface area (Å²) >= 11 is 0. The smallest absolute Gasteiger partial charge is 0.308 e. The van der Waals surface area contributed by atoms with Gasteiger partial charge >= 0.3 is 5.97 Å². The van der Waals surface area contributed by atoms with Gasteiger partial charge in [0.25, 0.3) is 0 Å². The van der Waals surface area contributed by atoms with Crippen molar-refractivity contribution >= 4 is 5.97 Å². The highest BCUT2D eigenvalue weighted by Crippen LogP contribution is 1.99. The minimum Gasteiger partial charge on any atom is -0.481 e. The molecule has 1 N–H and O–H groups in total. The number of hydrogen-bond donors (Lipinski definition) is 1. The van der Waals surface area contributed by atoms with E-state index in [4.69, 9.17) is 5.11 Å². The van der Waals surface area contributed by atoms with Crippen LogP contribution in [0.2, 0.25) is 0 Å². The quantitative estimate of drug-likeness (QED) is 0.684. The van der Waals surface area contributed by atoms with Gasteiger partial charge in [0, 0.05) is 5.56 Å². The van der Waals surface area contributed by atoms with Crippen LogP contribution in [0.3, 0.4) is 0 Å². The summed E-state index contributed by atoms with van der Waals surface area (Å²) in [6.07, 6.45) is 0.0260. The van der Waals surface area contributed by atoms with Crippen LogP contribution in [0.25, 0.3) is 0 Å². The van der Waals surface area contributed by atoms with E-state index in [1.54, 1.807) is 12.1 Å². The predicted molar refractivity (Wildman–Crippen MR) is 40.2 cm³/mol. The van der Waals surface area contributed by atoms with E-state index in [9.17, 15) is 4.79 Å². The molecular weight excluding hydrogens is 140 g/mol. The van der Waals surface area contributed by atoms with Crippen LogP contribution in [0.1, 0.15) is 11.1 Å². The fraction of sp³-hybridized carbons (Fsp3) is 0.222. The van der Waals surface area contributed by atoms with Gasteiger partial charge in [0.2, 0.25) is 0 Å². The highest BCUT2D eigenvalue weighted by molar-refractivity contribution is 5.69. The Balaban J connectivity index is 2.79. The first kappa shape index (κ1) is 7.62. The molecule has 1 aromatic carbocycles. The number of carboxylic acid groups (broad SMARTS) is 1. The van der Waals surface area contributed by atoms with Gasteiger partial charge in [-0.3, -0.25) is 4.79 Å². The third-order valence-electron chi connectivity index (χ3n) is 1.28. The number of hydrogen-bond acceptors (Lipinski definition) is 1. The molecule has 0 fully saturated rings. The zero-order valence-corrected chi connectivity index (χ0v) is 6.22. The molecule has 2 heteroatoms. The monoisotopic (exact) mass is 148 g/mol. The average molecular weight is 148 g/mol. The fourth-order valence-corrected chi connectivity index (χ4v) is 0.853. The summed E-state index contributed by atoms with van der Waals surface area (Å²) in [5, 5.41) is 8.42. The third kappa shape index (κ3) is 2.30. The summed E-state index contributed by atoms with van der Waals surface area (Å²) in [4.78, 5) is 10.2. The van der Waals surface area contributed by atoms with Gasteiger partial charge in [0.05, 0.1) is 6.42 Å². The predicted octanol–water partition coefficient (Wildman–Crippen LogP) is 1.22. The molecule has 1 aromatic rings. The second-order valence-electron chi connectivity index (χ2n) is 2.40. The normalized spacial score (nSPS) is 8.82. The number of aryl methyl sites for hydroxylation is 1. The lowest BCUT2D eigenvalue weighted by Crippen LogP contribution is -1.99. The molecule has 2 nitrogen and oxygen atoms in total. The lowest BCUT2D eigenvalue weighted by Gasteiger charge is -1.92. The van der Waals surface area contributed by atoms with Gasteiger partial charge in [-0.05, 0) is 24.6 Å². The Morgan fingerprint density at radius 3 is 3.00 bits per heavy atom. The van der Waals surface area contributed by atoms with Gasteiger partial charge in [0.1, 0.15) is 0 Å². The van der Waals surface area contributed by atoms with E-state index in [1.807, 2.05) is 6.92 Å². The number of aliphatic carboxylic acids is 1. The molecule has 11 heavy (non-hydrogen) atoms. The van der Waals surface area contributed by atoms with Crippen LogP contribution in [0.15, 0.2) is 12.1 Å². The van der Waals surface area contributed by atoms with Crippen LogP contribution in [-0.4, -0.2) is 11.1 Å². The van der Waals surface area contributed by atoms with Gasteiger partial charge in [-0.25, -0.2) is 0 Å². The first-order chi connectivity index (χ1) is 5.18. The maximum atomic E-state index is 10.2. The van der Waals surface area contributed by atoms with Crippen molar-refractivity contribution in [2.24, 2.45) is 0 Å². The number of rotatable bonds is 2. The number of carbonyl (C=O) groups is 1. The first-order valence-corrected chi connectivity index (χ1v) is 3.29. The molecule has 0 radical (unpaired) electrons. The molecule has 0 amide bonds. The van der Waals surface area contributed by atoms with Crippen LogP contribution < -0.4 is 0 Å². The second kappa shape index (κ2) is 3.07. The maximum absolute atomic E-state index is 10.2. The summed E-state index contributed by atoms with van der Waals surface area (Å²) in [5.41, 5.74) is 1.69. The molecule has 0 bridgehead atoms. The second-order valence-corrected chi connectivity index (χ2v) is 2.40. The summed E-state index contributed by atoms with van der Waals surface area (Å²) in [7, 11) is 0. The molecular formula is C9H8O2. The molecule has 0 saturated heterocycles. The Morgan fingerprint density at radius 2 is 2.45 bits per heavy atom. The van der Waals surface area contributed by atoms with Gasteiger partial charge < -0.3 is 5.11 Å². The molecule has 0 spiro atoms. The van der Waals surface area contributed by atoms with Crippen molar-refractivity contribution in [3.8, 4) is 0 Å². The van der Waals surface area contributed by atoms with Crippen LogP contribution in [0, 0.1) is 19.1 Å². The van der Waals surface area contributed by atoms with Crippen molar-refractivity contribution in [2.45, 2.75) is 13.3 Å². The van der Waals surface area contributed by atoms with Crippen molar-refractivity contribution in [3.63, 3.8) is 0 Å². The standard InChI is InChI=1S/C9H8O2/c1-7-3-2-4-8(5-7)6-9(10)11/h3,5H,6H2,1H3,(H,10,11). The highest BCUT2D eigenvalue weighted by atomic mass is 16.4. The van der Waals surface area contributed by atoms with Crippen LogP contribution in [0.4, 0.5) is 0 Å². The molecule has 0 aliphatic carbocycles. The molecule has 0 aliphatic rings. The van der Waals surface area contributed by atoms with Crippen LogP contribution >= 0.6 is 0 Å². The lowest BCUT2D eigenvalue weighted by atomic mass is 10.1. The van der Waals surface area contributed by atoms with Crippen molar-refractivity contribution < 1.29 is 9.90 Å². The van der Waals surface area contributed by atoms with Gasteiger partial charge in [0.15, 0.2) is 0 Å². The molecule has 0 unspecified atom stereocenters. The summed E-state index contributed by atoms with van der Waals surface area (Å²) < 4.78 is 0. The maximum Gasteiger partial charge on any atom is 0.308 e. The Bertz CT molecular complexity index is 266. The zero-order valence-electron chi connectivity index (χ0n) is 6.22. The van der Waals surface area contributed by atoms with Gasteiger partial charge in [-0.15, -0.1) is 0 Å². The van der Waals surface area contributed by atoms with E-state index in [0.717, 1.165) is 5.56 Å². The Labute approximate surface area is 65.5 Å². The van der Waals surface area contributed by atoms with Crippen molar-refractivity contribution in [1.82, 2.24) is 0 Å². The summed E-state index contributed by atoms with van der Waals surface area (Å²) in [5.74, 6) is -0.833. The van der Waals surface area contributed by atoms with E-state index < -0.39 is 5.97 Å². The van der Waals surface area contributed by atoms with E-state index in [1.165, 1.54) is 0 Å². The van der Waals surface area contributed by atoms with Gasteiger partial charge in [-0.1, -0.05) is 12.1 Å². The Kier molecular flexibility index (Phi) is 2.12. The Morgan fingerprint density at radius 1 is 1.73 bits per heavy atom. The van der Waals surface area contributed by atoms with Crippen LogP contribution in [-0.2, 0) is 11.2 Å². The minimum atomic E-state index is -0.833. The molecule has 0 saturated carbocycles. The van der Waals surface area contributed by atoms with Gasteiger partial charge in [-0.2, -0.15) is 0 Å². The molecule has 0 atom stereocenters. The first-order valence-electron chi connectivity index (χ1n) is 3.29. The molecule has 1 rings (SSSR count). The fourth-order valence-electron chi connectivity index (χ4n) is 0.853. The highest BCUT2D eigenvalue weighted by Gasteiger charge is 1.98. The lowest BCUT2D eigenvalue weighted by molar-refractivity contribution is -0.136. The zero-order chi connectivity index (χ0) is 8.27. The van der Waals surface area contributed by atoms with E-state index in [0.29, 0.717) is 5.56 Å². The van der Waals surface area contributed by atoms with Crippen molar-refractivity contribution in [2.75, 3.05) is 0 Å². The van der Waals surface area contributed by atoms with Crippen molar-refractivity contribution in [3.05, 3.63) is 35.4 Å². The topological polar surface area (TPSA) is 37.3 Å². The molecule has 0 heterocycles. The van der Waals surface area contributed by atoms with Crippen molar-refractivity contribution in [1.29, 1.82) is 0 Å². The van der Waals surface area contributed by atoms with E-state index >= 15 is 0 Å². The summed E-state index contributed by atoms with van der Waals surface area (Å²) in [6.45, 7) is 1.90. The SMILES string of the molecule is Cc1cc#cc(CC(=O)O)c1. The minimum absolute atomic E-state index is 0.0260. The average Bonchev–Trinajstić information content (AvgIpc) is 1.85. The molecule has 0 aliphatic heterocycles. The Hall–Kier alpha value is -1.49. The third-order valence-corrected chi connectivity index (χ3v) is 1.28. The number of carboxylic acids is 1. The molecule has 0 aromatic heterocycles. The summed E-state index contributed by atoms with van der Waals surface area (Å²) in [6, 6.07) is 9.05. The van der Waals surface area contributed by atoms with Crippen LogP contribution in [0.5, 0.6) is 0 Å². The molecule has 56 valence electrons. The largest absolute Gasteiger partial charge is 0.481 e.